The molecule has 28 heavy (non-hydrogen) atoms. The Labute approximate surface area is 160 Å². The van der Waals surface area contributed by atoms with Gasteiger partial charge in [-0.15, -0.1) is 0 Å². The van der Waals surface area contributed by atoms with Crippen LogP contribution in [0.1, 0.15) is 28.8 Å². The average molecular weight is 391 g/mol. The lowest BCUT2D eigenvalue weighted by molar-refractivity contribution is -0.137. The Kier molecular flexibility index (Phi) is 6.30. The second kappa shape index (κ2) is 8.88. The third-order valence-electron chi connectivity index (χ3n) is 4.20. The molecule has 1 atom stereocenters. The Morgan fingerprint density at radius 3 is 2.61 bits per heavy atom. The normalized spacial score (nSPS) is 17.4. The molecule has 0 bridgehead atoms. The predicted octanol–water partition coefficient (Wildman–Crippen LogP) is 4.08. The van der Waals surface area contributed by atoms with Crippen LogP contribution in [0.2, 0.25) is 0 Å². The lowest BCUT2D eigenvalue weighted by Crippen LogP contribution is -2.36. The maximum Gasteiger partial charge on any atom is 0.416 e. The van der Waals surface area contributed by atoms with Gasteiger partial charge in [-0.1, -0.05) is 24.3 Å². The molecular weight excluding hydrogens is 371 g/mol. The van der Waals surface area contributed by atoms with Gasteiger partial charge in [-0.3, -0.25) is 10.1 Å². The lowest BCUT2D eigenvalue weighted by atomic mass is 10.2. The molecule has 3 rings (SSSR count). The number of carbonyl (C=O) groups is 1. The third kappa shape index (κ3) is 5.56. The highest BCUT2D eigenvalue weighted by atomic mass is 19.4. The van der Waals surface area contributed by atoms with E-state index in [1.54, 1.807) is 30.3 Å². The molecule has 0 saturated carbocycles. The molecule has 1 aliphatic rings. The van der Waals surface area contributed by atoms with Crippen LogP contribution in [-0.4, -0.2) is 31.1 Å². The Hall–Kier alpha value is -2.87. The first kappa shape index (κ1) is 19.9. The monoisotopic (exact) mass is 391 g/mol. The maximum atomic E-state index is 12.9. The van der Waals surface area contributed by atoms with Crippen molar-refractivity contribution in [3.8, 4) is 0 Å². The number of benzene rings is 2. The number of halogens is 3. The van der Waals surface area contributed by atoms with E-state index in [1.807, 2.05) is 0 Å². The highest BCUT2D eigenvalue weighted by Gasteiger charge is 2.30. The van der Waals surface area contributed by atoms with Crippen LogP contribution in [0.3, 0.4) is 0 Å². The molecule has 1 saturated heterocycles. The van der Waals surface area contributed by atoms with E-state index in [4.69, 9.17) is 4.74 Å². The van der Waals surface area contributed by atoms with Crippen molar-refractivity contribution in [1.29, 1.82) is 0 Å². The van der Waals surface area contributed by atoms with Crippen molar-refractivity contribution < 1.29 is 22.7 Å². The molecule has 2 aromatic carbocycles. The van der Waals surface area contributed by atoms with Gasteiger partial charge in [0.15, 0.2) is 0 Å². The summed E-state index contributed by atoms with van der Waals surface area (Å²) in [7, 11) is 0. The fourth-order valence-corrected chi connectivity index (χ4v) is 2.77. The zero-order chi connectivity index (χ0) is 20.0. The zero-order valence-corrected chi connectivity index (χ0v) is 15.0. The van der Waals surface area contributed by atoms with E-state index < -0.39 is 17.6 Å². The Balaban J connectivity index is 1.77. The van der Waals surface area contributed by atoms with E-state index in [2.05, 4.69) is 15.6 Å². The van der Waals surface area contributed by atoms with Crippen molar-refractivity contribution in [2.45, 2.75) is 25.1 Å². The summed E-state index contributed by atoms with van der Waals surface area (Å²) in [6, 6.07) is 13.2. The van der Waals surface area contributed by atoms with Crippen molar-refractivity contribution in [1.82, 2.24) is 5.32 Å². The van der Waals surface area contributed by atoms with Crippen LogP contribution in [-0.2, 0) is 10.9 Å². The van der Waals surface area contributed by atoms with E-state index in [0.29, 0.717) is 18.7 Å². The molecule has 1 heterocycles. The summed E-state index contributed by atoms with van der Waals surface area (Å²) in [5.74, 6) is -0.338. The molecule has 0 aromatic heterocycles. The van der Waals surface area contributed by atoms with Gasteiger partial charge < -0.3 is 10.1 Å². The highest BCUT2D eigenvalue weighted by Crippen LogP contribution is 2.30. The number of nitrogens with one attached hydrogen (secondary N) is 2. The van der Waals surface area contributed by atoms with Crippen LogP contribution < -0.4 is 10.6 Å². The molecule has 0 unspecified atom stereocenters. The molecule has 1 aliphatic heterocycles. The number of alkyl halides is 3. The smallest absolute Gasteiger partial charge is 0.376 e. The fourth-order valence-electron chi connectivity index (χ4n) is 2.77. The summed E-state index contributed by atoms with van der Waals surface area (Å²) < 4.78 is 44.3. The summed E-state index contributed by atoms with van der Waals surface area (Å²) in [6.45, 7) is 0.962. The maximum absolute atomic E-state index is 12.9. The molecule has 148 valence electrons. The SMILES string of the molecule is O=C(NC(=NC[C@H]1CCCO1)Nc1cccc(C(F)(F)F)c1)c1ccccc1. The van der Waals surface area contributed by atoms with Gasteiger partial charge in [0.1, 0.15) is 0 Å². The van der Waals surface area contributed by atoms with Gasteiger partial charge in [0.05, 0.1) is 18.2 Å². The van der Waals surface area contributed by atoms with E-state index in [1.165, 1.54) is 12.1 Å². The number of aliphatic imine (C=N–C) groups is 1. The molecule has 1 fully saturated rings. The van der Waals surface area contributed by atoms with Crippen LogP contribution >= 0.6 is 0 Å². The topological polar surface area (TPSA) is 62.7 Å². The van der Waals surface area contributed by atoms with Crippen molar-refractivity contribution in [2.24, 2.45) is 4.99 Å². The van der Waals surface area contributed by atoms with Crippen molar-refractivity contribution >= 4 is 17.6 Å². The Morgan fingerprint density at radius 1 is 1.14 bits per heavy atom. The highest BCUT2D eigenvalue weighted by molar-refractivity contribution is 6.09. The lowest BCUT2D eigenvalue weighted by Gasteiger charge is -2.14. The number of anilines is 1. The second-order valence-electron chi connectivity index (χ2n) is 6.35. The third-order valence-corrected chi connectivity index (χ3v) is 4.20. The minimum atomic E-state index is -4.46. The number of ether oxygens (including phenoxy) is 1. The summed E-state index contributed by atoms with van der Waals surface area (Å²) in [5.41, 5.74) is -0.196. The first-order valence-corrected chi connectivity index (χ1v) is 8.88. The molecule has 8 heteroatoms. The number of hydrogen-bond acceptors (Lipinski definition) is 3. The standard InChI is InChI=1S/C20H20F3N3O2/c21-20(22,23)15-8-4-9-16(12-15)25-19(24-13-17-10-5-11-28-17)26-18(27)14-6-2-1-3-7-14/h1-4,6-9,12,17H,5,10-11,13H2,(H2,24,25,26,27)/t17-/m1/s1. The van der Waals surface area contributed by atoms with Crippen LogP contribution in [0.15, 0.2) is 59.6 Å². The first-order chi connectivity index (χ1) is 13.4. The second-order valence-corrected chi connectivity index (χ2v) is 6.35. The summed E-state index contributed by atoms with van der Waals surface area (Å²) in [4.78, 5) is 16.8. The van der Waals surface area contributed by atoms with Crippen molar-refractivity contribution in [3.05, 3.63) is 65.7 Å². The molecule has 5 nitrogen and oxygen atoms in total. The molecule has 2 N–H and O–H groups in total. The van der Waals surface area contributed by atoms with Gasteiger partial charge >= 0.3 is 6.18 Å². The number of guanidine groups is 1. The summed E-state index contributed by atoms with van der Waals surface area (Å²) in [6.07, 6.45) is -2.73. The quantitative estimate of drug-likeness (QED) is 0.610. The average Bonchev–Trinajstić information content (AvgIpc) is 3.20. The Morgan fingerprint density at radius 2 is 1.93 bits per heavy atom. The Bertz CT molecular complexity index is 832. The number of amides is 1. The first-order valence-electron chi connectivity index (χ1n) is 8.88. The van der Waals surface area contributed by atoms with E-state index in [0.717, 1.165) is 25.0 Å². The summed E-state index contributed by atoms with van der Waals surface area (Å²) in [5, 5.41) is 5.41. The molecule has 0 aliphatic carbocycles. The van der Waals surface area contributed by atoms with Crippen LogP contribution in [0.25, 0.3) is 0 Å². The van der Waals surface area contributed by atoms with Crippen LogP contribution in [0.5, 0.6) is 0 Å². The molecule has 1 amide bonds. The number of nitrogens with zero attached hydrogens (tertiary/aromatic N) is 1. The van der Waals surface area contributed by atoms with E-state index >= 15 is 0 Å². The minimum absolute atomic E-state index is 0.0630. The predicted molar refractivity (Wildman–Crippen MR) is 100 cm³/mol. The van der Waals surface area contributed by atoms with Gasteiger partial charge in [-0.25, -0.2) is 4.99 Å². The van der Waals surface area contributed by atoms with Crippen LogP contribution in [0.4, 0.5) is 18.9 Å². The zero-order valence-electron chi connectivity index (χ0n) is 15.0. The molecule has 0 radical (unpaired) electrons. The van der Waals surface area contributed by atoms with Gasteiger partial charge in [-0.05, 0) is 43.2 Å². The number of rotatable bonds is 4. The summed E-state index contributed by atoms with van der Waals surface area (Å²) >= 11 is 0. The van der Waals surface area contributed by atoms with E-state index in [-0.39, 0.29) is 17.8 Å². The van der Waals surface area contributed by atoms with Gasteiger partial charge in [0, 0.05) is 17.9 Å². The van der Waals surface area contributed by atoms with Crippen molar-refractivity contribution in [3.63, 3.8) is 0 Å². The van der Waals surface area contributed by atoms with Gasteiger partial charge in [0.2, 0.25) is 5.96 Å². The molecular formula is C20H20F3N3O2. The van der Waals surface area contributed by atoms with Gasteiger partial charge in [0.25, 0.3) is 5.91 Å². The van der Waals surface area contributed by atoms with E-state index in [9.17, 15) is 18.0 Å². The molecule has 2 aromatic rings. The number of hydrogen-bond donors (Lipinski definition) is 2. The number of carbonyl (C=O) groups excluding carboxylic acids is 1. The largest absolute Gasteiger partial charge is 0.416 e. The van der Waals surface area contributed by atoms with Gasteiger partial charge in [-0.2, -0.15) is 13.2 Å². The minimum Gasteiger partial charge on any atom is -0.376 e. The fraction of sp³-hybridized carbons (Fsp3) is 0.300. The molecule has 0 spiro atoms. The van der Waals surface area contributed by atoms with Crippen LogP contribution in [0, 0.1) is 0 Å². The van der Waals surface area contributed by atoms with Crippen molar-refractivity contribution in [2.75, 3.05) is 18.5 Å².